The molecule has 2 heterocycles. The zero-order valence-corrected chi connectivity index (χ0v) is 16.2. The van der Waals surface area contributed by atoms with E-state index in [1.54, 1.807) is 12.1 Å². The molecule has 1 aromatic heterocycles. The first-order chi connectivity index (χ1) is 13.5. The fraction of sp³-hybridized carbons (Fsp3) is 0.304. The third-order valence-corrected chi connectivity index (χ3v) is 5.25. The highest BCUT2D eigenvalue weighted by Gasteiger charge is 2.24. The molecule has 2 aromatic carbocycles. The lowest BCUT2D eigenvalue weighted by Gasteiger charge is -2.30. The van der Waals surface area contributed by atoms with Crippen LogP contribution in [0.5, 0.6) is 0 Å². The zero-order chi connectivity index (χ0) is 19.7. The molecular weight excluding hydrogens is 353 g/mol. The van der Waals surface area contributed by atoms with Crippen molar-refractivity contribution in [3.8, 4) is 0 Å². The Morgan fingerprint density at radius 3 is 2.71 bits per heavy atom. The summed E-state index contributed by atoms with van der Waals surface area (Å²) in [5, 5.41) is 4.27. The number of aromatic nitrogens is 1. The molecule has 1 aliphatic heterocycles. The van der Waals surface area contributed by atoms with E-state index in [4.69, 9.17) is 0 Å². The maximum Gasteiger partial charge on any atom is 0.272 e. The predicted octanol–water partition coefficient (Wildman–Crippen LogP) is 5.30. The van der Waals surface area contributed by atoms with E-state index >= 15 is 0 Å². The third-order valence-electron chi connectivity index (χ3n) is 5.25. The molecule has 0 radical (unpaired) electrons. The normalized spacial score (nSPS) is 17.0. The van der Waals surface area contributed by atoms with Crippen molar-refractivity contribution in [2.24, 2.45) is 5.92 Å². The molecule has 1 aliphatic rings. The molecule has 4 nitrogen and oxygen atoms in total. The number of nitrogens with one attached hydrogen (secondary N) is 1. The monoisotopic (exact) mass is 377 g/mol. The largest absolute Gasteiger partial charge is 0.355 e. The number of amides is 1. The van der Waals surface area contributed by atoms with Gasteiger partial charge in [0.05, 0.1) is 11.2 Å². The van der Waals surface area contributed by atoms with Gasteiger partial charge in [-0.1, -0.05) is 18.6 Å². The van der Waals surface area contributed by atoms with Gasteiger partial charge in [0.15, 0.2) is 0 Å². The molecule has 0 unspecified atom stereocenters. The Labute approximate surface area is 164 Å². The molecule has 0 bridgehead atoms. The number of hydrogen-bond donors (Lipinski definition) is 1. The molecule has 1 fully saturated rings. The van der Waals surface area contributed by atoms with Crippen LogP contribution < -0.4 is 5.32 Å². The van der Waals surface area contributed by atoms with E-state index in [9.17, 15) is 9.18 Å². The van der Waals surface area contributed by atoms with Crippen LogP contribution in [-0.2, 0) is 0 Å². The Hall–Kier alpha value is -2.95. The second-order valence-electron chi connectivity index (χ2n) is 7.71. The summed E-state index contributed by atoms with van der Waals surface area (Å²) in [5.74, 6) is 0.199. The summed E-state index contributed by atoms with van der Waals surface area (Å²) < 4.78 is 13.3. The van der Waals surface area contributed by atoms with Crippen LogP contribution in [0.25, 0.3) is 10.9 Å². The van der Waals surface area contributed by atoms with Gasteiger partial charge in [0, 0.05) is 24.2 Å². The van der Waals surface area contributed by atoms with Crippen LogP contribution in [-0.4, -0.2) is 28.9 Å². The fourth-order valence-electron chi connectivity index (χ4n) is 3.78. The number of rotatable bonds is 3. The summed E-state index contributed by atoms with van der Waals surface area (Å²) in [6.45, 7) is 5.75. The van der Waals surface area contributed by atoms with Gasteiger partial charge >= 0.3 is 0 Å². The molecule has 4 rings (SSSR count). The van der Waals surface area contributed by atoms with Gasteiger partial charge in [-0.3, -0.25) is 4.79 Å². The average Bonchev–Trinajstić information content (AvgIpc) is 2.69. The summed E-state index contributed by atoms with van der Waals surface area (Å²) in [5.41, 5.74) is 3.88. The first-order valence-corrected chi connectivity index (χ1v) is 9.73. The molecule has 1 saturated heterocycles. The number of hydrogen-bond acceptors (Lipinski definition) is 3. The number of carbonyl (C=O) groups excluding carboxylic acids is 1. The van der Waals surface area contributed by atoms with Crippen molar-refractivity contribution < 1.29 is 9.18 Å². The zero-order valence-electron chi connectivity index (χ0n) is 16.2. The van der Waals surface area contributed by atoms with Crippen LogP contribution in [0.1, 0.15) is 35.8 Å². The Morgan fingerprint density at radius 2 is 1.96 bits per heavy atom. The van der Waals surface area contributed by atoms with Gasteiger partial charge in [-0.05, 0) is 68.1 Å². The lowest BCUT2D eigenvalue weighted by Crippen LogP contribution is -2.39. The van der Waals surface area contributed by atoms with E-state index in [0.29, 0.717) is 11.6 Å². The number of halogens is 1. The number of carbonyl (C=O) groups is 1. The smallest absolute Gasteiger partial charge is 0.272 e. The average molecular weight is 377 g/mol. The summed E-state index contributed by atoms with van der Waals surface area (Å²) in [4.78, 5) is 19.6. The van der Waals surface area contributed by atoms with Gasteiger partial charge in [-0.25, -0.2) is 9.37 Å². The van der Waals surface area contributed by atoms with Gasteiger partial charge in [0.25, 0.3) is 5.91 Å². The number of benzene rings is 2. The lowest BCUT2D eigenvalue weighted by molar-refractivity contribution is 0.0677. The molecular formula is C23H24FN3O. The summed E-state index contributed by atoms with van der Waals surface area (Å²) in [7, 11) is 0. The van der Waals surface area contributed by atoms with Crippen molar-refractivity contribution in [2.75, 3.05) is 18.4 Å². The number of nitrogens with zero attached hydrogens (tertiary/aromatic N) is 2. The minimum Gasteiger partial charge on any atom is -0.355 e. The summed E-state index contributed by atoms with van der Waals surface area (Å²) in [6, 6.07) is 14.0. The van der Waals surface area contributed by atoms with Crippen LogP contribution in [0.4, 0.5) is 15.8 Å². The van der Waals surface area contributed by atoms with Crippen molar-refractivity contribution in [3.63, 3.8) is 0 Å². The molecule has 3 aromatic rings. The minimum absolute atomic E-state index is 0.0313. The summed E-state index contributed by atoms with van der Waals surface area (Å²) in [6.07, 6.45) is 2.19. The third kappa shape index (κ3) is 3.84. The van der Waals surface area contributed by atoms with E-state index in [1.165, 1.54) is 12.1 Å². The minimum atomic E-state index is -0.281. The number of aryl methyl sites for hydroxylation is 1. The number of likely N-dealkylation sites (tertiary alicyclic amines) is 1. The molecule has 1 N–H and O–H groups in total. The van der Waals surface area contributed by atoms with Crippen LogP contribution in [0.2, 0.25) is 0 Å². The Kier molecular flexibility index (Phi) is 4.99. The highest BCUT2D eigenvalue weighted by molar-refractivity contribution is 6.00. The molecule has 5 heteroatoms. The lowest BCUT2D eigenvalue weighted by atomic mass is 10.00. The second kappa shape index (κ2) is 7.58. The maximum absolute atomic E-state index is 13.3. The van der Waals surface area contributed by atoms with E-state index in [-0.39, 0.29) is 11.7 Å². The van der Waals surface area contributed by atoms with Crippen molar-refractivity contribution in [1.82, 2.24) is 9.88 Å². The Morgan fingerprint density at radius 1 is 1.18 bits per heavy atom. The van der Waals surface area contributed by atoms with Gasteiger partial charge in [0.1, 0.15) is 11.5 Å². The van der Waals surface area contributed by atoms with Crippen LogP contribution in [0.15, 0.2) is 48.5 Å². The highest BCUT2D eigenvalue weighted by atomic mass is 19.1. The topological polar surface area (TPSA) is 45.2 Å². The van der Waals surface area contributed by atoms with Crippen molar-refractivity contribution in [2.45, 2.75) is 26.7 Å². The first-order valence-electron chi connectivity index (χ1n) is 9.73. The van der Waals surface area contributed by atoms with Gasteiger partial charge in [-0.15, -0.1) is 0 Å². The van der Waals surface area contributed by atoms with Crippen LogP contribution in [0, 0.1) is 18.7 Å². The Bertz CT molecular complexity index is 1020. The Balaban J connectivity index is 1.74. The van der Waals surface area contributed by atoms with Crippen molar-refractivity contribution >= 4 is 28.2 Å². The van der Waals surface area contributed by atoms with Crippen molar-refractivity contribution in [1.29, 1.82) is 0 Å². The highest BCUT2D eigenvalue weighted by Crippen LogP contribution is 2.29. The SMILES string of the molecule is Cc1ccc2nc(C(=O)N3CCC[C@@H](C)C3)cc(Nc3ccc(F)cc3)c2c1. The number of anilines is 2. The summed E-state index contributed by atoms with van der Waals surface area (Å²) >= 11 is 0. The second-order valence-corrected chi connectivity index (χ2v) is 7.71. The number of pyridine rings is 1. The quantitative estimate of drug-likeness (QED) is 0.674. The fourth-order valence-corrected chi connectivity index (χ4v) is 3.78. The van der Waals surface area contributed by atoms with E-state index < -0.39 is 0 Å². The standard InChI is InChI=1S/C23H24FN3O/c1-15-5-10-20-19(12-15)21(25-18-8-6-17(24)7-9-18)13-22(26-20)23(28)27-11-3-4-16(2)14-27/h5-10,12-13,16H,3-4,11,14H2,1-2H3,(H,25,26)/t16-/m1/s1. The predicted molar refractivity (Wildman–Crippen MR) is 110 cm³/mol. The van der Waals surface area contributed by atoms with E-state index in [1.807, 2.05) is 36.1 Å². The molecule has 28 heavy (non-hydrogen) atoms. The van der Waals surface area contributed by atoms with Gasteiger partial charge < -0.3 is 10.2 Å². The molecule has 0 aliphatic carbocycles. The maximum atomic E-state index is 13.3. The van der Waals surface area contributed by atoms with Gasteiger partial charge in [-0.2, -0.15) is 0 Å². The van der Waals surface area contributed by atoms with E-state index in [2.05, 4.69) is 17.2 Å². The van der Waals surface area contributed by atoms with Gasteiger partial charge in [0.2, 0.25) is 0 Å². The van der Waals surface area contributed by atoms with Crippen molar-refractivity contribution in [3.05, 3.63) is 65.6 Å². The van der Waals surface area contributed by atoms with E-state index in [0.717, 1.165) is 53.8 Å². The van der Waals surface area contributed by atoms with Crippen LogP contribution >= 0.6 is 0 Å². The van der Waals surface area contributed by atoms with Crippen LogP contribution in [0.3, 0.4) is 0 Å². The molecule has 1 atom stereocenters. The molecule has 0 spiro atoms. The molecule has 1 amide bonds. The molecule has 144 valence electrons. The molecule has 0 saturated carbocycles. The first kappa shape index (κ1) is 18.4. The number of piperidine rings is 1. The number of fused-ring (bicyclic) bond motifs is 1.